The van der Waals surface area contributed by atoms with Gasteiger partial charge in [-0.2, -0.15) is 0 Å². The maximum Gasteiger partial charge on any atom is 0.265 e. The summed E-state index contributed by atoms with van der Waals surface area (Å²) in [7, 11) is 3.42. The molecule has 8 rings (SSSR count). The Labute approximate surface area is 328 Å². The lowest BCUT2D eigenvalue weighted by molar-refractivity contribution is -0.122. The predicted octanol–water partition coefficient (Wildman–Crippen LogP) is 5.00. The molecule has 4 aliphatic heterocycles. The Balaban J connectivity index is 0.965. The van der Waals surface area contributed by atoms with Crippen molar-refractivity contribution in [2.24, 2.45) is 0 Å². The molecular weight excluding hydrogens is 743 g/mol. The topological polar surface area (TPSA) is 106 Å². The number of amides is 2. The third-order valence-electron chi connectivity index (χ3n) is 10.8. The van der Waals surface area contributed by atoms with Gasteiger partial charge in [0.05, 0.1) is 38.0 Å². The SMILES string of the molecule is O=C1COc2cc(Cc3ccc(-c4cccc(-c5ccc6c(c5)OCC(=O)N6CCN5CC[C@@](O)([Si])C5)c4Cl)c(Cl)c3)ccc2N1CCN1CC[C@H](O)C1. The molecule has 10 nitrogen and oxygen atoms in total. The fraction of sp³-hybridized carbons (Fsp3) is 0.366. The number of aliphatic hydroxyl groups excluding tert-OH is 1. The molecule has 2 fully saturated rings. The van der Waals surface area contributed by atoms with Gasteiger partial charge in [0.2, 0.25) is 0 Å². The number of carbonyl (C=O) groups is 2. The van der Waals surface area contributed by atoms with Crippen molar-refractivity contribution in [1.29, 1.82) is 0 Å². The largest absolute Gasteiger partial charge is 0.482 e. The van der Waals surface area contributed by atoms with E-state index in [2.05, 4.69) is 20.0 Å². The highest BCUT2D eigenvalue weighted by molar-refractivity contribution is 6.38. The standard InChI is InChI=1S/C41H41Cl2N4O6Si/c42-33-19-26(18-27-5-8-34-36(20-27)52-23-38(49)46(34)16-14-44-12-10-29(48)22-44)4-7-31(33)32-3-1-2-30(40(32)43)28-6-9-35-37(21-28)53-24-39(50)47(35)17-15-45-13-11-41(51,54)25-45/h1-9,19-21,29,48,51H,10-18,22-25H2/t29-,41+/m0/s1. The van der Waals surface area contributed by atoms with Gasteiger partial charge in [-0.25, -0.2) is 0 Å². The van der Waals surface area contributed by atoms with E-state index in [1.54, 1.807) is 9.80 Å². The molecule has 2 atom stereocenters. The Morgan fingerprint density at radius 3 is 2.07 bits per heavy atom. The molecule has 13 heteroatoms. The normalized spacial score (nSPS) is 21.6. The number of aliphatic hydroxyl groups is 2. The van der Waals surface area contributed by atoms with Crippen LogP contribution in [0.4, 0.5) is 11.4 Å². The quantitative estimate of drug-likeness (QED) is 0.217. The van der Waals surface area contributed by atoms with E-state index in [1.165, 1.54) is 0 Å². The number of fused-ring (bicyclic) bond motifs is 2. The summed E-state index contributed by atoms with van der Waals surface area (Å²) in [5.74, 6) is 1.13. The Bertz CT molecular complexity index is 2100. The first kappa shape index (κ1) is 37.0. The molecule has 0 spiro atoms. The van der Waals surface area contributed by atoms with Gasteiger partial charge in [0.15, 0.2) is 13.2 Å². The van der Waals surface area contributed by atoms with Gasteiger partial charge in [0, 0.05) is 74.1 Å². The fourth-order valence-corrected chi connectivity index (χ4v) is 8.84. The molecule has 0 aliphatic carbocycles. The molecular formula is C41H41Cl2N4O6Si. The average molecular weight is 785 g/mol. The van der Waals surface area contributed by atoms with Gasteiger partial charge < -0.3 is 29.5 Å². The molecule has 4 aromatic carbocycles. The Kier molecular flexibility index (Phi) is 10.5. The number of anilines is 2. The van der Waals surface area contributed by atoms with Crippen LogP contribution < -0.4 is 19.3 Å². The van der Waals surface area contributed by atoms with Crippen LogP contribution in [0.25, 0.3) is 22.3 Å². The number of hydrogen-bond donors (Lipinski definition) is 2. The maximum absolute atomic E-state index is 12.9. The van der Waals surface area contributed by atoms with Crippen molar-refractivity contribution >= 4 is 56.6 Å². The van der Waals surface area contributed by atoms with Crippen molar-refractivity contribution in [3.63, 3.8) is 0 Å². The van der Waals surface area contributed by atoms with Crippen molar-refractivity contribution < 1.29 is 29.3 Å². The van der Waals surface area contributed by atoms with Gasteiger partial charge in [0.1, 0.15) is 11.5 Å². The summed E-state index contributed by atoms with van der Waals surface area (Å²) in [5.41, 5.74) is 6.81. The van der Waals surface area contributed by atoms with E-state index in [0.717, 1.165) is 58.6 Å². The summed E-state index contributed by atoms with van der Waals surface area (Å²) in [4.78, 5) is 33.5. The number of β-amino-alcohol motifs (C(OH)–C–C–N with tert-alkyl or cyclic N) is 2. The minimum absolute atomic E-state index is 0.000745. The number of ether oxygens (including phenoxy) is 2. The Morgan fingerprint density at radius 1 is 0.759 bits per heavy atom. The summed E-state index contributed by atoms with van der Waals surface area (Å²) in [6.07, 6.45) is 1.73. The van der Waals surface area contributed by atoms with Crippen molar-refractivity contribution in [3.8, 4) is 33.8 Å². The van der Waals surface area contributed by atoms with Crippen LogP contribution >= 0.6 is 23.2 Å². The van der Waals surface area contributed by atoms with Crippen LogP contribution in [0.3, 0.4) is 0 Å². The van der Waals surface area contributed by atoms with Gasteiger partial charge in [-0.1, -0.05) is 65.7 Å². The number of rotatable bonds is 10. The number of benzene rings is 4. The zero-order chi connectivity index (χ0) is 37.6. The Hall–Kier alpha value is -3.94. The van der Waals surface area contributed by atoms with Gasteiger partial charge >= 0.3 is 0 Å². The number of likely N-dealkylation sites (tertiary alicyclic amines) is 2. The summed E-state index contributed by atoms with van der Waals surface area (Å²) in [6, 6.07) is 23.6. The lowest BCUT2D eigenvalue weighted by Gasteiger charge is -2.31. The van der Waals surface area contributed by atoms with Crippen molar-refractivity contribution in [2.75, 3.05) is 75.4 Å². The lowest BCUT2D eigenvalue weighted by Crippen LogP contribution is -2.44. The average Bonchev–Trinajstić information content (AvgIpc) is 3.74. The van der Waals surface area contributed by atoms with Gasteiger partial charge in [0.25, 0.3) is 11.8 Å². The molecule has 4 heterocycles. The van der Waals surface area contributed by atoms with Crippen LogP contribution in [0, 0.1) is 0 Å². The summed E-state index contributed by atoms with van der Waals surface area (Å²) >= 11 is 14.0. The fourth-order valence-electron chi connectivity index (χ4n) is 7.87. The van der Waals surface area contributed by atoms with Gasteiger partial charge in [-0.05, 0) is 66.3 Å². The molecule has 0 saturated carbocycles. The van der Waals surface area contributed by atoms with Crippen LogP contribution in [-0.4, -0.2) is 119 Å². The first-order valence-electron chi connectivity index (χ1n) is 18.3. The van der Waals surface area contributed by atoms with Crippen LogP contribution in [0.15, 0.2) is 72.8 Å². The molecule has 0 unspecified atom stereocenters. The summed E-state index contributed by atoms with van der Waals surface area (Å²) in [6.45, 7) is 5.09. The Morgan fingerprint density at radius 2 is 1.41 bits per heavy atom. The zero-order valence-corrected chi connectivity index (χ0v) is 32.3. The van der Waals surface area contributed by atoms with Crippen LogP contribution in [-0.2, 0) is 16.0 Å². The molecule has 2 saturated heterocycles. The molecule has 2 amide bonds. The number of nitrogens with zero attached hydrogens (tertiary/aromatic N) is 4. The number of carbonyl (C=O) groups excluding carboxylic acids is 2. The van der Waals surface area contributed by atoms with Crippen molar-refractivity contribution in [2.45, 2.75) is 30.6 Å². The molecule has 2 N–H and O–H groups in total. The maximum atomic E-state index is 12.9. The molecule has 0 bridgehead atoms. The smallest absolute Gasteiger partial charge is 0.265 e. The van der Waals surface area contributed by atoms with E-state index in [9.17, 15) is 19.8 Å². The first-order valence-corrected chi connectivity index (χ1v) is 19.6. The lowest BCUT2D eigenvalue weighted by atomic mass is 9.96. The van der Waals surface area contributed by atoms with E-state index >= 15 is 0 Å². The highest BCUT2D eigenvalue weighted by atomic mass is 35.5. The number of hydrogen-bond acceptors (Lipinski definition) is 8. The zero-order valence-electron chi connectivity index (χ0n) is 29.8. The molecule has 0 aromatic heterocycles. The first-order chi connectivity index (χ1) is 26.0. The molecule has 4 aliphatic rings. The van der Waals surface area contributed by atoms with E-state index in [0.29, 0.717) is 79.3 Å². The van der Waals surface area contributed by atoms with Crippen LogP contribution in [0.1, 0.15) is 24.0 Å². The predicted molar refractivity (Wildman–Crippen MR) is 211 cm³/mol. The van der Waals surface area contributed by atoms with Gasteiger partial charge in [-0.15, -0.1) is 0 Å². The highest BCUT2D eigenvalue weighted by Crippen LogP contribution is 2.43. The highest BCUT2D eigenvalue weighted by Gasteiger charge is 2.33. The summed E-state index contributed by atoms with van der Waals surface area (Å²) in [5, 5.41) is 20.4. The second kappa shape index (κ2) is 15.3. The second-order valence-corrected chi connectivity index (χ2v) is 16.3. The van der Waals surface area contributed by atoms with Gasteiger partial charge in [-0.3, -0.25) is 19.4 Å². The second-order valence-electron chi connectivity index (χ2n) is 14.6. The monoisotopic (exact) mass is 783 g/mol. The molecule has 279 valence electrons. The molecule has 4 aromatic rings. The van der Waals surface area contributed by atoms with Crippen LogP contribution in [0.5, 0.6) is 11.5 Å². The third kappa shape index (κ3) is 7.77. The van der Waals surface area contributed by atoms with E-state index in [1.807, 2.05) is 72.8 Å². The van der Waals surface area contributed by atoms with Crippen molar-refractivity contribution in [1.82, 2.24) is 9.80 Å². The minimum atomic E-state index is -0.881. The van der Waals surface area contributed by atoms with E-state index < -0.39 is 5.22 Å². The molecule has 3 radical (unpaired) electrons. The van der Waals surface area contributed by atoms with Crippen molar-refractivity contribution in [3.05, 3.63) is 94.0 Å². The molecule has 54 heavy (non-hydrogen) atoms. The number of halogens is 2. The van der Waals surface area contributed by atoms with Crippen LogP contribution in [0.2, 0.25) is 10.0 Å². The third-order valence-corrected chi connectivity index (χ3v) is 11.9. The van der Waals surface area contributed by atoms with E-state index in [-0.39, 0.29) is 31.1 Å². The van der Waals surface area contributed by atoms with E-state index in [4.69, 9.17) is 32.7 Å². The summed E-state index contributed by atoms with van der Waals surface area (Å²) < 4.78 is 11.7. The minimum Gasteiger partial charge on any atom is -0.482 e.